The molecule has 108 valence electrons. The quantitative estimate of drug-likeness (QED) is 0.769. The fourth-order valence-electron chi connectivity index (χ4n) is 2.63. The monoisotopic (exact) mass is 278 g/mol. The zero-order chi connectivity index (χ0) is 14.6. The summed E-state index contributed by atoms with van der Waals surface area (Å²) >= 11 is 0. The van der Waals surface area contributed by atoms with Crippen molar-refractivity contribution in [2.24, 2.45) is 5.41 Å². The molecule has 1 aliphatic carbocycles. The van der Waals surface area contributed by atoms with Crippen LogP contribution in [-0.2, 0) is 4.79 Å². The SMILES string of the molecule is O=C(NCC1(C(=O)O)CCCCC1)c1cc[nH]c(=O)c1. The number of aromatic nitrogens is 1. The summed E-state index contributed by atoms with van der Waals surface area (Å²) in [7, 11) is 0. The molecule has 0 radical (unpaired) electrons. The van der Waals surface area contributed by atoms with Crippen molar-refractivity contribution in [3.05, 3.63) is 34.2 Å². The first-order chi connectivity index (χ1) is 9.53. The molecule has 0 aliphatic heterocycles. The molecular formula is C14H18N2O4. The summed E-state index contributed by atoms with van der Waals surface area (Å²) in [5, 5.41) is 12.1. The van der Waals surface area contributed by atoms with Crippen molar-refractivity contribution in [1.82, 2.24) is 10.3 Å². The van der Waals surface area contributed by atoms with Gasteiger partial charge in [-0.2, -0.15) is 0 Å². The Hall–Kier alpha value is -2.11. The van der Waals surface area contributed by atoms with Crippen molar-refractivity contribution in [2.45, 2.75) is 32.1 Å². The van der Waals surface area contributed by atoms with E-state index in [9.17, 15) is 19.5 Å². The molecule has 6 nitrogen and oxygen atoms in total. The van der Waals surface area contributed by atoms with Crippen LogP contribution in [0.1, 0.15) is 42.5 Å². The fourth-order valence-corrected chi connectivity index (χ4v) is 2.63. The third-order valence-corrected chi connectivity index (χ3v) is 3.89. The summed E-state index contributed by atoms with van der Waals surface area (Å²) in [6, 6.07) is 2.69. The van der Waals surface area contributed by atoms with E-state index in [-0.39, 0.29) is 17.7 Å². The highest BCUT2D eigenvalue weighted by atomic mass is 16.4. The summed E-state index contributed by atoms with van der Waals surface area (Å²) in [6.45, 7) is 0.105. The Kier molecular flexibility index (Phi) is 4.22. The van der Waals surface area contributed by atoms with Crippen LogP contribution in [0.5, 0.6) is 0 Å². The number of H-pyrrole nitrogens is 1. The first-order valence-electron chi connectivity index (χ1n) is 6.74. The number of aromatic amines is 1. The second kappa shape index (κ2) is 5.90. The number of hydrogen-bond donors (Lipinski definition) is 3. The van der Waals surface area contributed by atoms with Gasteiger partial charge in [0.05, 0.1) is 5.41 Å². The van der Waals surface area contributed by atoms with E-state index < -0.39 is 17.3 Å². The molecule has 20 heavy (non-hydrogen) atoms. The first-order valence-corrected chi connectivity index (χ1v) is 6.74. The van der Waals surface area contributed by atoms with Gasteiger partial charge in [-0.05, 0) is 18.9 Å². The molecule has 0 bridgehead atoms. The number of nitrogens with one attached hydrogen (secondary N) is 2. The number of carboxylic acids is 1. The number of aliphatic carboxylic acids is 1. The van der Waals surface area contributed by atoms with Crippen LogP contribution in [0.2, 0.25) is 0 Å². The zero-order valence-corrected chi connectivity index (χ0v) is 11.1. The summed E-state index contributed by atoms with van der Waals surface area (Å²) in [5.41, 5.74) is -0.983. The van der Waals surface area contributed by atoms with E-state index in [1.807, 2.05) is 0 Å². The number of amides is 1. The molecule has 2 rings (SSSR count). The number of pyridine rings is 1. The van der Waals surface area contributed by atoms with E-state index in [0.29, 0.717) is 12.8 Å². The van der Waals surface area contributed by atoms with Gasteiger partial charge in [0.1, 0.15) is 0 Å². The Morgan fingerprint density at radius 2 is 2.00 bits per heavy atom. The van der Waals surface area contributed by atoms with Crippen molar-refractivity contribution < 1.29 is 14.7 Å². The lowest BCUT2D eigenvalue weighted by atomic mass is 9.74. The lowest BCUT2D eigenvalue weighted by Gasteiger charge is -2.33. The van der Waals surface area contributed by atoms with Crippen LogP contribution in [0.4, 0.5) is 0 Å². The molecule has 0 aromatic carbocycles. The molecule has 1 aromatic rings. The maximum atomic E-state index is 11.9. The largest absolute Gasteiger partial charge is 0.481 e. The van der Waals surface area contributed by atoms with Gasteiger partial charge in [0.2, 0.25) is 5.56 Å². The number of carbonyl (C=O) groups excluding carboxylic acids is 1. The molecular weight excluding hydrogens is 260 g/mol. The number of hydrogen-bond acceptors (Lipinski definition) is 3. The highest BCUT2D eigenvalue weighted by Crippen LogP contribution is 2.36. The summed E-state index contributed by atoms with van der Waals surface area (Å²) in [6.07, 6.45) is 5.33. The smallest absolute Gasteiger partial charge is 0.311 e. The van der Waals surface area contributed by atoms with Crippen LogP contribution in [0.25, 0.3) is 0 Å². The maximum absolute atomic E-state index is 11.9. The van der Waals surface area contributed by atoms with Crippen LogP contribution in [-0.4, -0.2) is 28.5 Å². The lowest BCUT2D eigenvalue weighted by Crippen LogP contribution is -2.44. The van der Waals surface area contributed by atoms with Gasteiger partial charge in [0.25, 0.3) is 5.91 Å². The van der Waals surface area contributed by atoms with Gasteiger partial charge in [-0.25, -0.2) is 0 Å². The van der Waals surface area contributed by atoms with Gasteiger partial charge in [-0.3, -0.25) is 14.4 Å². The predicted octanol–water partition coefficient (Wildman–Crippen LogP) is 1.14. The Morgan fingerprint density at radius 1 is 1.30 bits per heavy atom. The minimum Gasteiger partial charge on any atom is -0.481 e. The van der Waals surface area contributed by atoms with E-state index in [2.05, 4.69) is 10.3 Å². The lowest BCUT2D eigenvalue weighted by molar-refractivity contribution is -0.150. The van der Waals surface area contributed by atoms with E-state index in [0.717, 1.165) is 19.3 Å². The number of carbonyl (C=O) groups is 2. The molecule has 3 N–H and O–H groups in total. The second-order valence-electron chi connectivity index (χ2n) is 5.27. The molecule has 1 aliphatic rings. The van der Waals surface area contributed by atoms with E-state index >= 15 is 0 Å². The van der Waals surface area contributed by atoms with Crippen molar-refractivity contribution >= 4 is 11.9 Å². The van der Waals surface area contributed by atoms with Gasteiger partial charge in [-0.15, -0.1) is 0 Å². The van der Waals surface area contributed by atoms with Crippen LogP contribution >= 0.6 is 0 Å². The minimum absolute atomic E-state index is 0.105. The predicted molar refractivity (Wildman–Crippen MR) is 72.5 cm³/mol. The molecule has 0 atom stereocenters. The third-order valence-electron chi connectivity index (χ3n) is 3.89. The van der Waals surface area contributed by atoms with E-state index in [1.165, 1.54) is 18.3 Å². The molecule has 1 fully saturated rings. The summed E-state index contributed by atoms with van der Waals surface area (Å²) in [5.74, 6) is -1.27. The van der Waals surface area contributed by atoms with Crippen molar-refractivity contribution in [1.29, 1.82) is 0 Å². The Labute approximate surface area is 116 Å². The topological polar surface area (TPSA) is 99.3 Å². The molecule has 0 spiro atoms. The molecule has 6 heteroatoms. The van der Waals surface area contributed by atoms with Gasteiger partial charge >= 0.3 is 5.97 Å². The van der Waals surface area contributed by atoms with E-state index in [4.69, 9.17) is 0 Å². The molecule has 0 saturated heterocycles. The highest BCUT2D eigenvalue weighted by Gasteiger charge is 2.39. The van der Waals surface area contributed by atoms with Crippen LogP contribution in [0.15, 0.2) is 23.1 Å². The fraction of sp³-hybridized carbons (Fsp3) is 0.500. The Morgan fingerprint density at radius 3 is 2.60 bits per heavy atom. The summed E-state index contributed by atoms with van der Waals surface area (Å²) < 4.78 is 0. The summed E-state index contributed by atoms with van der Waals surface area (Å²) in [4.78, 5) is 37.0. The first kappa shape index (κ1) is 14.3. The standard InChI is InChI=1S/C14H18N2O4/c17-11-8-10(4-7-15-11)12(18)16-9-14(13(19)20)5-2-1-3-6-14/h4,7-8H,1-3,5-6,9H2,(H,15,17)(H,16,18)(H,19,20). The Balaban J connectivity index is 2.04. The van der Waals surface area contributed by atoms with Crippen LogP contribution in [0.3, 0.4) is 0 Å². The van der Waals surface area contributed by atoms with Gasteiger partial charge in [0.15, 0.2) is 0 Å². The molecule has 1 saturated carbocycles. The third kappa shape index (κ3) is 3.07. The van der Waals surface area contributed by atoms with Gasteiger partial charge in [0, 0.05) is 24.4 Å². The maximum Gasteiger partial charge on any atom is 0.311 e. The van der Waals surface area contributed by atoms with Crippen molar-refractivity contribution in [3.8, 4) is 0 Å². The molecule has 1 amide bonds. The van der Waals surface area contributed by atoms with Gasteiger partial charge < -0.3 is 15.4 Å². The molecule has 1 heterocycles. The van der Waals surface area contributed by atoms with Crippen LogP contribution < -0.4 is 10.9 Å². The van der Waals surface area contributed by atoms with Crippen molar-refractivity contribution in [2.75, 3.05) is 6.54 Å². The van der Waals surface area contributed by atoms with Crippen LogP contribution in [0, 0.1) is 5.41 Å². The minimum atomic E-state index is -0.866. The number of carboxylic acid groups (broad SMARTS) is 1. The van der Waals surface area contributed by atoms with E-state index in [1.54, 1.807) is 0 Å². The second-order valence-corrected chi connectivity index (χ2v) is 5.27. The van der Waals surface area contributed by atoms with Crippen molar-refractivity contribution in [3.63, 3.8) is 0 Å². The van der Waals surface area contributed by atoms with Gasteiger partial charge in [-0.1, -0.05) is 19.3 Å². The highest BCUT2D eigenvalue weighted by molar-refractivity contribution is 5.94. The Bertz CT molecular complexity index is 558. The number of rotatable bonds is 4. The average Bonchev–Trinajstić information content (AvgIpc) is 2.45. The average molecular weight is 278 g/mol. The zero-order valence-electron chi connectivity index (χ0n) is 11.1. The normalized spacial score (nSPS) is 17.4. The molecule has 1 aromatic heterocycles. The molecule has 0 unspecified atom stereocenters.